The summed E-state index contributed by atoms with van der Waals surface area (Å²) in [5.74, 6) is 0.667. The lowest BCUT2D eigenvalue weighted by molar-refractivity contribution is -0.316. The van der Waals surface area contributed by atoms with Crippen LogP contribution in [0.2, 0.25) is 0 Å². The Morgan fingerprint density at radius 2 is 1.53 bits per heavy atom. The van der Waals surface area contributed by atoms with Crippen molar-refractivity contribution in [2.75, 3.05) is 38.9 Å². The fraction of sp³-hybridized carbons (Fsp3) is 1.00. The largest absolute Gasteiger partial charge is 0.394 e. The second kappa shape index (κ2) is 11.1. The SMILES string of the molecule is ClCC1CO1.OCC(O)COOCC(O)CO. The number of halogens is 1. The molecule has 4 N–H and O–H groups in total. The van der Waals surface area contributed by atoms with Crippen molar-refractivity contribution in [2.24, 2.45) is 0 Å². The van der Waals surface area contributed by atoms with Gasteiger partial charge in [-0.15, -0.1) is 11.6 Å². The summed E-state index contributed by atoms with van der Waals surface area (Å²) in [5, 5.41) is 34.1. The number of aliphatic hydroxyl groups excluding tert-OH is 4. The molecule has 0 spiro atoms. The van der Waals surface area contributed by atoms with E-state index in [1.807, 2.05) is 0 Å². The first-order valence-corrected chi connectivity index (χ1v) is 5.67. The first-order chi connectivity index (χ1) is 8.13. The molecule has 0 radical (unpaired) electrons. The Labute approximate surface area is 104 Å². The van der Waals surface area contributed by atoms with E-state index in [1.54, 1.807) is 0 Å². The molecule has 1 heterocycles. The summed E-state index contributed by atoms with van der Waals surface area (Å²) in [4.78, 5) is 8.76. The summed E-state index contributed by atoms with van der Waals surface area (Å²) in [6.07, 6.45) is -1.58. The molecular formula is C9H19ClO7. The van der Waals surface area contributed by atoms with Gasteiger partial charge in [0.2, 0.25) is 0 Å². The van der Waals surface area contributed by atoms with Gasteiger partial charge in [-0.2, -0.15) is 0 Å². The molecule has 3 unspecified atom stereocenters. The van der Waals surface area contributed by atoms with E-state index in [2.05, 4.69) is 9.78 Å². The topological polar surface area (TPSA) is 112 Å². The minimum atomic E-state index is -0.990. The van der Waals surface area contributed by atoms with Crippen LogP contribution in [0.15, 0.2) is 0 Å². The van der Waals surface area contributed by atoms with E-state index >= 15 is 0 Å². The quantitative estimate of drug-likeness (QED) is 0.137. The van der Waals surface area contributed by atoms with E-state index in [1.165, 1.54) is 0 Å². The van der Waals surface area contributed by atoms with Crippen LogP contribution in [0.25, 0.3) is 0 Å². The first kappa shape index (κ1) is 17.0. The first-order valence-electron chi connectivity index (χ1n) is 5.13. The lowest BCUT2D eigenvalue weighted by atomic mass is 10.4. The zero-order chi connectivity index (χ0) is 13.1. The van der Waals surface area contributed by atoms with Gasteiger partial charge in [0.1, 0.15) is 25.4 Å². The summed E-state index contributed by atoms with van der Waals surface area (Å²) in [6.45, 7) is -0.287. The van der Waals surface area contributed by atoms with Crippen molar-refractivity contribution in [2.45, 2.75) is 18.3 Å². The highest BCUT2D eigenvalue weighted by atomic mass is 35.5. The van der Waals surface area contributed by atoms with Crippen LogP contribution in [0.1, 0.15) is 0 Å². The van der Waals surface area contributed by atoms with Gasteiger partial charge >= 0.3 is 0 Å². The minimum Gasteiger partial charge on any atom is -0.394 e. The Morgan fingerprint density at radius 1 is 1.12 bits per heavy atom. The third kappa shape index (κ3) is 12.3. The van der Waals surface area contributed by atoms with E-state index in [4.69, 9.17) is 36.8 Å². The van der Waals surface area contributed by atoms with Gasteiger partial charge in [0.05, 0.1) is 31.8 Å². The summed E-state index contributed by atoms with van der Waals surface area (Å²) < 4.78 is 4.73. The predicted octanol–water partition coefficient (Wildman–Crippen LogP) is -1.73. The molecule has 0 aromatic heterocycles. The number of ether oxygens (including phenoxy) is 1. The average Bonchev–Trinajstić information content (AvgIpc) is 3.18. The van der Waals surface area contributed by atoms with Gasteiger partial charge in [0.15, 0.2) is 0 Å². The lowest BCUT2D eigenvalue weighted by Crippen LogP contribution is -2.23. The van der Waals surface area contributed by atoms with Crippen LogP contribution in [0.3, 0.4) is 0 Å². The van der Waals surface area contributed by atoms with Crippen molar-refractivity contribution in [3.05, 3.63) is 0 Å². The van der Waals surface area contributed by atoms with E-state index in [9.17, 15) is 0 Å². The average molecular weight is 275 g/mol. The summed E-state index contributed by atoms with van der Waals surface area (Å²) in [6, 6.07) is 0. The van der Waals surface area contributed by atoms with Gasteiger partial charge in [-0.1, -0.05) is 0 Å². The molecule has 1 fully saturated rings. The molecule has 104 valence electrons. The molecule has 1 aliphatic rings. The molecule has 3 atom stereocenters. The molecule has 0 aromatic rings. The van der Waals surface area contributed by atoms with Crippen molar-refractivity contribution >= 4 is 11.6 Å². The zero-order valence-electron chi connectivity index (χ0n) is 9.37. The Balaban J connectivity index is 0.000000419. The van der Waals surface area contributed by atoms with E-state index in [-0.39, 0.29) is 13.2 Å². The van der Waals surface area contributed by atoms with Crippen molar-refractivity contribution in [3.8, 4) is 0 Å². The van der Waals surface area contributed by atoms with Gasteiger partial charge in [-0.3, -0.25) is 0 Å². The van der Waals surface area contributed by atoms with Crippen LogP contribution in [0, 0.1) is 0 Å². The molecule has 17 heavy (non-hydrogen) atoms. The Kier molecular flexibility index (Phi) is 11.1. The van der Waals surface area contributed by atoms with Gasteiger partial charge < -0.3 is 25.2 Å². The number of hydrogen-bond acceptors (Lipinski definition) is 7. The van der Waals surface area contributed by atoms with Gasteiger partial charge in [0, 0.05) is 0 Å². The third-order valence-corrected chi connectivity index (χ3v) is 1.94. The van der Waals surface area contributed by atoms with Gasteiger partial charge in [-0.25, -0.2) is 9.78 Å². The zero-order valence-corrected chi connectivity index (χ0v) is 10.1. The maximum atomic E-state index is 8.71. The van der Waals surface area contributed by atoms with E-state index < -0.39 is 25.4 Å². The number of rotatable bonds is 8. The van der Waals surface area contributed by atoms with Gasteiger partial charge in [0.25, 0.3) is 0 Å². The van der Waals surface area contributed by atoms with Crippen LogP contribution in [-0.4, -0.2) is 77.7 Å². The number of alkyl halides is 1. The molecule has 0 bridgehead atoms. The third-order valence-electron chi connectivity index (χ3n) is 1.60. The lowest BCUT2D eigenvalue weighted by Gasteiger charge is -2.09. The van der Waals surface area contributed by atoms with Gasteiger partial charge in [-0.05, 0) is 0 Å². The van der Waals surface area contributed by atoms with Crippen LogP contribution < -0.4 is 0 Å². The van der Waals surface area contributed by atoms with E-state index in [0.717, 1.165) is 6.61 Å². The highest BCUT2D eigenvalue weighted by molar-refractivity contribution is 6.18. The summed E-state index contributed by atoms with van der Waals surface area (Å²) in [5.41, 5.74) is 0. The summed E-state index contributed by atoms with van der Waals surface area (Å²) in [7, 11) is 0. The molecule has 1 aliphatic heterocycles. The fourth-order valence-electron chi connectivity index (χ4n) is 0.516. The molecule has 0 saturated carbocycles. The Hall–Kier alpha value is 0.01000. The fourth-order valence-corrected chi connectivity index (χ4v) is 0.694. The highest BCUT2D eigenvalue weighted by Gasteiger charge is 2.19. The van der Waals surface area contributed by atoms with Crippen LogP contribution in [0.4, 0.5) is 0 Å². The Bertz CT molecular complexity index is 155. The minimum absolute atomic E-state index is 0.172. The van der Waals surface area contributed by atoms with Crippen molar-refractivity contribution in [3.63, 3.8) is 0 Å². The number of hydrogen-bond donors (Lipinski definition) is 4. The number of epoxide rings is 1. The predicted molar refractivity (Wildman–Crippen MR) is 58.5 cm³/mol. The molecule has 0 amide bonds. The second-order valence-electron chi connectivity index (χ2n) is 3.35. The second-order valence-corrected chi connectivity index (χ2v) is 3.66. The number of aliphatic hydroxyl groups is 4. The van der Waals surface area contributed by atoms with Crippen molar-refractivity contribution < 1.29 is 34.9 Å². The standard InChI is InChI=1S/C6H14O6.C3H5ClO/c7-1-5(9)3-11-12-4-6(10)2-8;4-1-3-2-5-3/h5-10H,1-4H2;3H,1-2H2. The highest BCUT2D eigenvalue weighted by Crippen LogP contribution is 2.08. The maximum absolute atomic E-state index is 8.71. The summed E-state index contributed by atoms with van der Waals surface area (Å²) >= 11 is 5.27. The smallest absolute Gasteiger partial charge is 0.110 e. The Morgan fingerprint density at radius 3 is 1.71 bits per heavy atom. The molecule has 7 nitrogen and oxygen atoms in total. The molecule has 0 aliphatic carbocycles. The molecule has 8 heteroatoms. The van der Waals surface area contributed by atoms with Crippen LogP contribution in [-0.2, 0) is 14.5 Å². The molecule has 0 aromatic carbocycles. The molecular weight excluding hydrogens is 256 g/mol. The maximum Gasteiger partial charge on any atom is 0.110 e. The van der Waals surface area contributed by atoms with Crippen LogP contribution >= 0.6 is 11.6 Å². The van der Waals surface area contributed by atoms with E-state index in [0.29, 0.717) is 12.0 Å². The van der Waals surface area contributed by atoms with Crippen molar-refractivity contribution in [1.29, 1.82) is 0 Å². The molecule has 1 rings (SSSR count). The van der Waals surface area contributed by atoms with Crippen LogP contribution in [0.5, 0.6) is 0 Å². The molecule has 1 saturated heterocycles. The normalized spacial score (nSPS) is 21.4. The monoisotopic (exact) mass is 274 g/mol. The van der Waals surface area contributed by atoms with Crippen molar-refractivity contribution in [1.82, 2.24) is 0 Å².